The molecule has 0 heterocycles. The second-order valence-electron chi connectivity index (χ2n) is 4.37. The van der Waals surface area contributed by atoms with Crippen molar-refractivity contribution in [2.24, 2.45) is 0 Å². The molecule has 0 fully saturated rings. The van der Waals surface area contributed by atoms with Gasteiger partial charge in [-0.05, 0) is 43.3 Å². The molecule has 0 aliphatic heterocycles. The molecule has 19 heavy (non-hydrogen) atoms. The molecule has 0 aliphatic rings. The fourth-order valence-electron chi connectivity index (χ4n) is 2.05. The second kappa shape index (κ2) is 5.68. The Hall–Kier alpha value is -1.45. The van der Waals surface area contributed by atoms with Crippen LogP contribution in [0.3, 0.4) is 0 Å². The van der Waals surface area contributed by atoms with Crippen molar-refractivity contribution in [1.29, 1.82) is 0 Å². The molecule has 0 spiro atoms. The van der Waals surface area contributed by atoms with Gasteiger partial charge in [-0.2, -0.15) is 0 Å². The first-order valence-electron chi connectivity index (χ1n) is 5.92. The summed E-state index contributed by atoms with van der Waals surface area (Å²) in [5.41, 5.74) is 1.52. The van der Waals surface area contributed by atoms with Gasteiger partial charge in [-0.1, -0.05) is 29.8 Å². The fourth-order valence-corrected chi connectivity index (χ4v) is 2.32. The molecule has 0 amide bonds. The zero-order chi connectivity index (χ0) is 14.0. The topological polar surface area (TPSA) is 12.0 Å². The first kappa shape index (κ1) is 14.0. The molecule has 0 aromatic heterocycles. The van der Waals surface area contributed by atoms with Crippen LogP contribution in [0.25, 0.3) is 0 Å². The zero-order valence-corrected chi connectivity index (χ0v) is 11.4. The minimum Gasteiger partial charge on any atom is -0.309 e. The Morgan fingerprint density at radius 2 is 1.84 bits per heavy atom. The maximum absolute atomic E-state index is 13.9. The highest BCUT2D eigenvalue weighted by molar-refractivity contribution is 6.31. The summed E-state index contributed by atoms with van der Waals surface area (Å²) in [5.74, 6) is -0.724. The lowest BCUT2D eigenvalue weighted by atomic mass is 9.97. The van der Waals surface area contributed by atoms with Crippen LogP contribution < -0.4 is 5.32 Å². The van der Waals surface area contributed by atoms with Crippen molar-refractivity contribution >= 4 is 11.6 Å². The Bertz CT molecular complexity index is 578. The summed E-state index contributed by atoms with van der Waals surface area (Å²) in [6.45, 7) is 1.68. The molecule has 2 rings (SSSR count). The third kappa shape index (κ3) is 2.77. The molecule has 0 saturated heterocycles. The van der Waals surface area contributed by atoms with Crippen molar-refractivity contribution in [3.05, 3.63) is 69.7 Å². The molecule has 0 aliphatic carbocycles. The Balaban J connectivity index is 2.53. The van der Waals surface area contributed by atoms with Crippen molar-refractivity contribution in [3.63, 3.8) is 0 Å². The summed E-state index contributed by atoms with van der Waals surface area (Å²) >= 11 is 6.05. The van der Waals surface area contributed by atoms with Gasteiger partial charge in [0.25, 0.3) is 0 Å². The van der Waals surface area contributed by atoms with Gasteiger partial charge in [0, 0.05) is 10.6 Å². The molecule has 2 aromatic rings. The van der Waals surface area contributed by atoms with Crippen molar-refractivity contribution in [1.82, 2.24) is 5.32 Å². The molecule has 4 heteroatoms. The normalized spacial score (nSPS) is 12.5. The Kier molecular flexibility index (Phi) is 4.17. The summed E-state index contributed by atoms with van der Waals surface area (Å²) in [5, 5.41) is 3.29. The van der Waals surface area contributed by atoms with Gasteiger partial charge in [0.1, 0.15) is 11.6 Å². The van der Waals surface area contributed by atoms with Crippen LogP contribution in [0, 0.1) is 18.6 Å². The zero-order valence-electron chi connectivity index (χ0n) is 10.7. The number of rotatable bonds is 3. The second-order valence-corrected chi connectivity index (χ2v) is 4.77. The van der Waals surface area contributed by atoms with E-state index in [1.165, 1.54) is 12.1 Å². The van der Waals surface area contributed by atoms with E-state index >= 15 is 0 Å². The summed E-state index contributed by atoms with van der Waals surface area (Å²) < 4.78 is 27.6. The van der Waals surface area contributed by atoms with Crippen LogP contribution in [0.15, 0.2) is 36.4 Å². The first-order valence-corrected chi connectivity index (χ1v) is 6.29. The van der Waals surface area contributed by atoms with Gasteiger partial charge < -0.3 is 5.32 Å². The highest BCUT2D eigenvalue weighted by Gasteiger charge is 2.20. The van der Waals surface area contributed by atoms with Crippen molar-refractivity contribution in [3.8, 4) is 0 Å². The molecule has 0 radical (unpaired) electrons. The molecule has 0 saturated carbocycles. The van der Waals surface area contributed by atoms with E-state index in [1.54, 1.807) is 38.2 Å². The van der Waals surface area contributed by atoms with Crippen LogP contribution in [0.1, 0.15) is 22.7 Å². The van der Waals surface area contributed by atoms with E-state index in [4.69, 9.17) is 11.6 Å². The van der Waals surface area contributed by atoms with Gasteiger partial charge >= 0.3 is 0 Å². The summed E-state index contributed by atoms with van der Waals surface area (Å²) in [6.07, 6.45) is 0. The number of halogens is 3. The third-order valence-corrected chi connectivity index (χ3v) is 3.44. The molecule has 1 N–H and O–H groups in total. The Morgan fingerprint density at radius 1 is 1.11 bits per heavy atom. The molecular weight excluding hydrogens is 268 g/mol. The SMILES string of the molecule is CNC(c1ccc(C)c(F)c1)c1c(F)cccc1Cl. The van der Waals surface area contributed by atoms with E-state index in [0.29, 0.717) is 21.7 Å². The Morgan fingerprint density at radius 3 is 2.42 bits per heavy atom. The average Bonchev–Trinajstić information content (AvgIpc) is 2.37. The van der Waals surface area contributed by atoms with Gasteiger partial charge in [-0.25, -0.2) is 8.78 Å². The lowest BCUT2D eigenvalue weighted by Gasteiger charge is -2.19. The van der Waals surface area contributed by atoms with Gasteiger partial charge in [-0.3, -0.25) is 0 Å². The van der Waals surface area contributed by atoms with Gasteiger partial charge in [0.15, 0.2) is 0 Å². The van der Waals surface area contributed by atoms with E-state index in [1.807, 2.05) is 0 Å². The molecule has 100 valence electrons. The number of benzene rings is 2. The van der Waals surface area contributed by atoms with Crippen LogP contribution in [0.4, 0.5) is 8.78 Å². The van der Waals surface area contributed by atoms with Crippen molar-refractivity contribution < 1.29 is 8.78 Å². The third-order valence-electron chi connectivity index (χ3n) is 3.11. The van der Waals surface area contributed by atoms with Crippen LogP contribution >= 0.6 is 11.6 Å². The molecule has 0 bridgehead atoms. The van der Waals surface area contributed by atoms with Crippen LogP contribution in [0.2, 0.25) is 5.02 Å². The molecule has 1 atom stereocenters. The van der Waals surface area contributed by atoms with Crippen LogP contribution in [0.5, 0.6) is 0 Å². The fraction of sp³-hybridized carbons (Fsp3) is 0.200. The van der Waals surface area contributed by atoms with Crippen LogP contribution in [-0.4, -0.2) is 7.05 Å². The largest absolute Gasteiger partial charge is 0.309 e. The van der Waals surface area contributed by atoms with Crippen molar-refractivity contribution in [2.45, 2.75) is 13.0 Å². The monoisotopic (exact) mass is 281 g/mol. The summed E-state index contributed by atoms with van der Waals surface area (Å²) in [4.78, 5) is 0. The van der Waals surface area contributed by atoms with E-state index in [0.717, 1.165) is 0 Å². The van der Waals surface area contributed by atoms with Crippen molar-refractivity contribution in [2.75, 3.05) is 7.05 Å². The number of aryl methyl sites for hydroxylation is 1. The predicted octanol–water partition coefficient (Wildman–Crippen LogP) is 4.24. The number of hydrogen-bond donors (Lipinski definition) is 1. The average molecular weight is 282 g/mol. The van der Waals surface area contributed by atoms with Gasteiger partial charge in [0.2, 0.25) is 0 Å². The molecule has 1 nitrogen and oxygen atoms in total. The lowest BCUT2D eigenvalue weighted by Crippen LogP contribution is -2.19. The highest BCUT2D eigenvalue weighted by Crippen LogP contribution is 2.31. The standard InChI is InChI=1S/C15H14ClF2N/c1-9-6-7-10(8-13(9)18)15(19-2)14-11(16)4-3-5-12(14)17/h3-8,15,19H,1-2H3. The van der Waals surface area contributed by atoms with E-state index in [2.05, 4.69) is 5.32 Å². The smallest absolute Gasteiger partial charge is 0.129 e. The maximum atomic E-state index is 13.9. The number of hydrogen-bond acceptors (Lipinski definition) is 1. The van der Waals surface area contributed by atoms with Crippen LogP contribution in [-0.2, 0) is 0 Å². The molecule has 1 unspecified atom stereocenters. The summed E-state index contributed by atoms with van der Waals surface area (Å²) in [7, 11) is 1.69. The first-order chi connectivity index (χ1) is 9.04. The van der Waals surface area contributed by atoms with E-state index < -0.39 is 11.9 Å². The lowest BCUT2D eigenvalue weighted by molar-refractivity contribution is 0.570. The van der Waals surface area contributed by atoms with Gasteiger partial charge in [0.05, 0.1) is 6.04 Å². The van der Waals surface area contributed by atoms with Gasteiger partial charge in [-0.15, -0.1) is 0 Å². The minimum absolute atomic E-state index is 0.315. The quantitative estimate of drug-likeness (QED) is 0.887. The number of nitrogens with one attached hydrogen (secondary N) is 1. The highest BCUT2D eigenvalue weighted by atomic mass is 35.5. The van der Waals surface area contributed by atoms with E-state index in [-0.39, 0.29) is 5.82 Å². The summed E-state index contributed by atoms with van der Waals surface area (Å²) in [6, 6.07) is 8.86. The predicted molar refractivity (Wildman–Crippen MR) is 73.4 cm³/mol. The Labute approximate surface area is 116 Å². The molecular formula is C15H14ClF2N. The minimum atomic E-state index is -0.483. The maximum Gasteiger partial charge on any atom is 0.129 e. The van der Waals surface area contributed by atoms with E-state index in [9.17, 15) is 8.78 Å². The molecule has 2 aromatic carbocycles.